The highest BCUT2D eigenvalue weighted by molar-refractivity contribution is 8.00. The van der Waals surface area contributed by atoms with Crippen LogP contribution in [0.5, 0.6) is 5.75 Å². The largest absolute Gasteiger partial charge is 0.497 e. The monoisotopic (exact) mass is 382 g/mol. The summed E-state index contributed by atoms with van der Waals surface area (Å²) in [5.41, 5.74) is 7.59. The van der Waals surface area contributed by atoms with Crippen molar-refractivity contribution in [1.82, 2.24) is 14.8 Å². The van der Waals surface area contributed by atoms with Crippen LogP contribution in [0.4, 0.5) is 0 Å². The molecule has 3 rings (SSSR count). The minimum atomic E-state index is -0.381. The van der Waals surface area contributed by atoms with Gasteiger partial charge in [-0.3, -0.25) is 4.79 Å². The molecule has 3 aromatic rings. The molecule has 0 unspecified atom stereocenters. The number of aryl methyl sites for hydroxylation is 1. The third-order valence-electron chi connectivity index (χ3n) is 4.21. The molecule has 2 N–H and O–H groups in total. The first kappa shape index (κ1) is 19.0. The summed E-state index contributed by atoms with van der Waals surface area (Å²) in [7, 11) is 1.64. The van der Waals surface area contributed by atoms with Crippen molar-refractivity contribution in [2.45, 2.75) is 30.3 Å². The van der Waals surface area contributed by atoms with Crippen molar-refractivity contribution < 1.29 is 9.53 Å². The van der Waals surface area contributed by atoms with E-state index in [4.69, 9.17) is 10.5 Å². The van der Waals surface area contributed by atoms with Crippen LogP contribution in [0.2, 0.25) is 0 Å². The maximum absolute atomic E-state index is 11.5. The Morgan fingerprint density at radius 3 is 2.48 bits per heavy atom. The van der Waals surface area contributed by atoms with Gasteiger partial charge in [0.25, 0.3) is 0 Å². The normalized spacial score (nSPS) is 11.9. The Hall–Kier alpha value is -2.80. The minimum Gasteiger partial charge on any atom is -0.497 e. The van der Waals surface area contributed by atoms with Crippen LogP contribution in [0.3, 0.4) is 0 Å². The number of aromatic nitrogens is 3. The van der Waals surface area contributed by atoms with Gasteiger partial charge in [0.2, 0.25) is 5.91 Å². The number of ether oxygens (including phenoxy) is 1. The second-order valence-corrected chi connectivity index (χ2v) is 7.39. The van der Waals surface area contributed by atoms with Gasteiger partial charge in [-0.2, -0.15) is 0 Å². The number of nitrogens with two attached hydrogens (primary N) is 1. The van der Waals surface area contributed by atoms with Gasteiger partial charge in [0.1, 0.15) is 5.75 Å². The standard InChI is InChI=1S/C20H22N4O2S/c1-14(18(21)25)27-20-23-22-19(16-8-10-17(26-2)11-9-16)24(20)13-12-15-6-4-3-5-7-15/h3-11,14H,12-13H2,1-2H3,(H2,21,25)/t14-/m1/s1. The van der Waals surface area contributed by atoms with Gasteiger partial charge in [-0.05, 0) is 43.2 Å². The molecule has 0 saturated heterocycles. The van der Waals surface area contributed by atoms with Crippen molar-refractivity contribution in [1.29, 1.82) is 0 Å². The molecule has 1 amide bonds. The summed E-state index contributed by atoms with van der Waals surface area (Å²) in [6.07, 6.45) is 0.834. The molecule has 7 heteroatoms. The number of carbonyl (C=O) groups excluding carboxylic acids is 1. The van der Waals surface area contributed by atoms with Crippen LogP contribution in [-0.2, 0) is 17.8 Å². The molecule has 0 radical (unpaired) electrons. The molecule has 0 spiro atoms. The van der Waals surface area contributed by atoms with E-state index in [2.05, 4.69) is 22.3 Å². The maximum Gasteiger partial charge on any atom is 0.230 e. The number of carbonyl (C=O) groups is 1. The number of nitrogens with zero attached hydrogens (tertiary/aromatic N) is 3. The molecule has 0 aliphatic heterocycles. The number of rotatable bonds is 8. The van der Waals surface area contributed by atoms with Gasteiger partial charge in [-0.15, -0.1) is 10.2 Å². The molecule has 0 saturated carbocycles. The van der Waals surface area contributed by atoms with Gasteiger partial charge in [-0.25, -0.2) is 0 Å². The highest BCUT2D eigenvalue weighted by Gasteiger charge is 2.19. The fraction of sp³-hybridized carbons (Fsp3) is 0.250. The van der Waals surface area contributed by atoms with Crippen LogP contribution >= 0.6 is 11.8 Å². The molecule has 2 aromatic carbocycles. The molecule has 0 aliphatic rings. The smallest absolute Gasteiger partial charge is 0.230 e. The molecule has 1 aromatic heterocycles. The minimum absolute atomic E-state index is 0.372. The Kier molecular flexibility index (Phi) is 6.13. The fourth-order valence-corrected chi connectivity index (χ4v) is 3.46. The number of amides is 1. The summed E-state index contributed by atoms with van der Waals surface area (Å²) in [6, 6.07) is 17.9. The average molecular weight is 382 g/mol. The quantitative estimate of drug-likeness (QED) is 0.605. The summed E-state index contributed by atoms with van der Waals surface area (Å²) in [5, 5.41) is 8.97. The maximum atomic E-state index is 11.5. The highest BCUT2D eigenvalue weighted by Crippen LogP contribution is 2.28. The second kappa shape index (κ2) is 8.73. The Labute approximate surface area is 162 Å². The predicted octanol–water partition coefficient (Wildman–Crippen LogP) is 3.16. The first-order valence-electron chi connectivity index (χ1n) is 8.66. The number of hydrogen-bond donors (Lipinski definition) is 1. The molecule has 0 bridgehead atoms. The zero-order chi connectivity index (χ0) is 19.2. The summed E-state index contributed by atoms with van der Waals surface area (Å²) < 4.78 is 7.27. The van der Waals surface area contributed by atoms with Crippen LogP contribution in [0.1, 0.15) is 12.5 Å². The molecular weight excluding hydrogens is 360 g/mol. The van der Waals surface area contributed by atoms with Gasteiger partial charge < -0.3 is 15.0 Å². The Bertz CT molecular complexity index is 894. The lowest BCUT2D eigenvalue weighted by Crippen LogP contribution is -2.23. The number of benzene rings is 2. The number of primary amides is 1. The van der Waals surface area contributed by atoms with Crippen molar-refractivity contribution in [3.05, 3.63) is 60.2 Å². The van der Waals surface area contributed by atoms with Crippen molar-refractivity contribution in [2.24, 2.45) is 5.73 Å². The first-order valence-corrected chi connectivity index (χ1v) is 9.54. The number of methoxy groups -OCH3 is 1. The third kappa shape index (κ3) is 4.68. The summed E-state index contributed by atoms with van der Waals surface area (Å²) in [4.78, 5) is 11.5. The molecule has 0 aliphatic carbocycles. The Morgan fingerprint density at radius 1 is 1.15 bits per heavy atom. The van der Waals surface area contributed by atoms with E-state index in [-0.39, 0.29) is 11.2 Å². The van der Waals surface area contributed by atoms with E-state index in [9.17, 15) is 4.79 Å². The molecule has 27 heavy (non-hydrogen) atoms. The van der Waals surface area contributed by atoms with E-state index in [1.165, 1.54) is 17.3 Å². The lowest BCUT2D eigenvalue weighted by Gasteiger charge is -2.12. The summed E-state index contributed by atoms with van der Waals surface area (Å²) >= 11 is 1.33. The van der Waals surface area contributed by atoms with E-state index >= 15 is 0 Å². The van der Waals surface area contributed by atoms with Gasteiger partial charge in [0.15, 0.2) is 11.0 Å². The SMILES string of the molecule is COc1ccc(-c2nnc(S[C@H](C)C(N)=O)n2CCc2ccccc2)cc1. The zero-order valence-corrected chi connectivity index (χ0v) is 16.1. The average Bonchev–Trinajstić information content (AvgIpc) is 3.09. The van der Waals surface area contributed by atoms with E-state index in [1.54, 1.807) is 14.0 Å². The van der Waals surface area contributed by atoms with Crippen LogP contribution < -0.4 is 10.5 Å². The second-order valence-electron chi connectivity index (χ2n) is 6.08. The number of thioether (sulfide) groups is 1. The number of hydrogen-bond acceptors (Lipinski definition) is 5. The predicted molar refractivity (Wildman–Crippen MR) is 107 cm³/mol. The molecule has 1 heterocycles. The lowest BCUT2D eigenvalue weighted by molar-refractivity contribution is -0.117. The van der Waals surface area contributed by atoms with Crippen LogP contribution in [0.25, 0.3) is 11.4 Å². The summed E-state index contributed by atoms with van der Waals surface area (Å²) in [5.74, 6) is 1.17. The molecular formula is C20H22N4O2S. The van der Waals surface area contributed by atoms with E-state index in [1.807, 2.05) is 47.0 Å². The Morgan fingerprint density at radius 2 is 1.85 bits per heavy atom. The molecule has 140 valence electrons. The van der Waals surface area contributed by atoms with Crippen molar-refractivity contribution in [2.75, 3.05) is 7.11 Å². The summed E-state index contributed by atoms with van der Waals surface area (Å²) in [6.45, 7) is 2.47. The molecule has 6 nitrogen and oxygen atoms in total. The van der Waals surface area contributed by atoms with Gasteiger partial charge in [0, 0.05) is 12.1 Å². The van der Waals surface area contributed by atoms with Crippen LogP contribution in [0.15, 0.2) is 59.8 Å². The fourth-order valence-electron chi connectivity index (χ4n) is 2.63. The lowest BCUT2D eigenvalue weighted by atomic mass is 10.1. The highest BCUT2D eigenvalue weighted by atomic mass is 32.2. The van der Waals surface area contributed by atoms with Crippen molar-refractivity contribution in [3.8, 4) is 17.1 Å². The van der Waals surface area contributed by atoms with Gasteiger partial charge in [0.05, 0.1) is 12.4 Å². The van der Waals surface area contributed by atoms with E-state index in [0.29, 0.717) is 11.7 Å². The van der Waals surface area contributed by atoms with Crippen LogP contribution in [0, 0.1) is 0 Å². The van der Waals surface area contributed by atoms with E-state index < -0.39 is 0 Å². The van der Waals surface area contributed by atoms with Crippen molar-refractivity contribution >= 4 is 17.7 Å². The first-order chi connectivity index (χ1) is 13.1. The van der Waals surface area contributed by atoms with Crippen LogP contribution in [-0.4, -0.2) is 33.0 Å². The third-order valence-corrected chi connectivity index (χ3v) is 5.31. The Balaban J connectivity index is 1.91. The topological polar surface area (TPSA) is 83.0 Å². The molecule has 0 fully saturated rings. The van der Waals surface area contributed by atoms with Crippen molar-refractivity contribution in [3.63, 3.8) is 0 Å². The van der Waals surface area contributed by atoms with E-state index in [0.717, 1.165) is 23.6 Å². The van der Waals surface area contributed by atoms with Gasteiger partial charge in [-0.1, -0.05) is 42.1 Å². The molecule has 1 atom stereocenters. The van der Waals surface area contributed by atoms with Gasteiger partial charge >= 0.3 is 0 Å². The zero-order valence-electron chi connectivity index (χ0n) is 15.3.